The zero-order valence-corrected chi connectivity index (χ0v) is 39.2. The van der Waals surface area contributed by atoms with E-state index in [2.05, 4.69) is 43.1 Å². The molecule has 1 unspecified atom stereocenters. The summed E-state index contributed by atoms with van der Waals surface area (Å²) >= 11 is 1.77. The maximum atomic E-state index is 14.3. The lowest BCUT2D eigenvalue weighted by molar-refractivity contribution is -0.139. The van der Waals surface area contributed by atoms with Crippen molar-refractivity contribution < 1.29 is 49.8 Å². The van der Waals surface area contributed by atoms with Crippen LogP contribution >= 0.6 is 23.1 Å². The van der Waals surface area contributed by atoms with Crippen LogP contribution in [-0.4, -0.2) is 65.6 Å². The summed E-state index contributed by atoms with van der Waals surface area (Å²) in [5.41, 5.74) is 3.83. The maximum absolute atomic E-state index is 14.3. The number of thiophene rings is 1. The molecule has 0 saturated heterocycles. The van der Waals surface area contributed by atoms with E-state index in [9.17, 15) is 49.8 Å². The highest BCUT2D eigenvalue weighted by atomic mass is 32.3. The number of aliphatic carboxylic acids is 2. The van der Waals surface area contributed by atoms with Crippen LogP contribution in [0.2, 0.25) is 0 Å². The minimum absolute atomic E-state index is 0.0103. The van der Waals surface area contributed by atoms with Crippen LogP contribution in [0.25, 0.3) is 32.9 Å². The van der Waals surface area contributed by atoms with E-state index in [-0.39, 0.29) is 29.0 Å². The summed E-state index contributed by atoms with van der Waals surface area (Å²) in [6, 6.07) is 25.7. The number of carbonyl (C=O) groups is 2. The Bertz CT molecular complexity index is 3540. The second kappa shape index (κ2) is 20.0. The molecule has 0 spiro atoms. The minimum Gasteiger partial charge on any atom is -0.480 e. The maximum Gasteiger partial charge on any atom is 0.416 e. The number of aryl methyl sites for hydroxylation is 1. The van der Waals surface area contributed by atoms with Gasteiger partial charge < -0.3 is 10.2 Å². The lowest BCUT2D eigenvalue weighted by atomic mass is 10.0. The summed E-state index contributed by atoms with van der Waals surface area (Å²) in [4.78, 5) is 34.6. The second-order valence-corrected chi connectivity index (χ2v) is 22.3. The predicted molar refractivity (Wildman–Crippen MR) is 259 cm³/mol. The fraction of sp³-hybridized carbons (Fsp3) is 0.160. The number of nitrogens with zero attached hydrogens (tertiary/aromatic N) is 2. The van der Waals surface area contributed by atoms with Gasteiger partial charge in [-0.1, -0.05) is 89.5 Å². The number of para-hydroxylation sites is 1. The first-order valence-corrected chi connectivity index (χ1v) is 25.5. The number of halogens is 3. The van der Waals surface area contributed by atoms with Crippen LogP contribution in [0.1, 0.15) is 44.7 Å². The van der Waals surface area contributed by atoms with E-state index in [1.54, 1.807) is 42.5 Å². The van der Waals surface area contributed by atoms with Crippen LogP contribution < -0.4 is 9.44 Å². The molecule has 3 atom stereocenters. The molecule has 1 aliphatic rings. The van der Waals surface area contributed by atoms with Gasteiger partial charge >= 0.3 is 18.1 Å². The second-order valence-electron chi connectivity index (χ2n) is 15.9. The average Bonchev–Trinajstić information content (AvgIpc) is 3.99. The molecule has 0 fully saturated rings. The van der Waals surface area contributed by atoms with Crippen molar-refractivity contribution in [3.63, 3.8) is 0 Å². The van der Waals surface area contributed by atoms with E-state index in [1.807, 2.05) is 55.5 Å². The number of hydrogen-bond acceptors (Lipinski definition) is 10. The van der Waals surface area contributed by atoms with Crippen molar-refractivity contribution >= 4 is 76.9 Å². The fourth-order valence-corrected chi connectivity index (χ4v) is 12.8. The van der Waals surface area contributed by atoms with E-state index < -0.39 is 60.4 Å². The van der Waals surface area contributed by atoms with Gasteiger partial charge in [-0.3, -0.25) is 19.6 Å². The third-order valence-electron chi connectivity index (χ3n) is 10.7. The van der Waals surface area contributed by atoms with Crippen molar-refractivity contribution in [3.8, 4) is 34.8 Å². The molecular formula is C50H37F3N4O8S4. The molecule has 69 heavy (non-hydrogen) atoms. The molecule has 350 valence electrons. The van der Waals surface area contributed by atoms with Crippen molar-refractivity contribution in [1.82, 2.24) is 19.4 Å². The molecule has 7 aromatic rings. The van der Waals surface area contributed by atoms with Gasteiger partial charge in [0.25, 0.3) is 10.0 Å². The van der Waals surface area contributed by atoms with Crippen molar-refractivity contribution in [2.75, 3.05) is 0 Å². The fourth-order valence-electron chi connectivity index (χ4n) is 7.21. The first-order valence-electron chi connectivity index (χ1n) is 20.8. The Kier molecular flexibility index (Phi) is 14.1. The van der Waals surface area contributed by atoms with Gasteiger partial charge in [-0.15, -0.1) is 11.3 Å². The van der Waals surface area contributed by atoms with Crippen LogP contribution in [0.5, 0.6) is 0 Å². The number of benzene rings is 4. The molecule has 4 aromatic carbocycles. The number of hydrogen-bond donors (Lipinski definition) is 4. The third-order valence-corrected chi connectivity index (χ3v) is 17.3. The molecular weight excluding hydrogens is 970 g/mol. The van der Waals surface area contributed by atoms with Crippen LogP contribution in [0.4, 0.5) is 13.2 Å². The van der Waals surface area contributed by atoms with E-state index in [0.29, 0.717) is 54.0 Å². The lowest BCUT2D eigenvalue weighted by Crippen LogP contribution is -2.45. The molecule has 8 rings (SSSR count). The minimum atomic E-state index is -4.52. The molecule has 12 nitrogen and oxygen atoms in total. The van der Waals surface area contributed by atoms with Gasteiger partial charge in [0.15, 0.2) is 0 Å². The molecule has 0 amide bonds. The van der Waals surface area contributed by atoms with Crippen LogP contribution in [0.15, 0.2) is 137 Å². The Balaban J connectivity index is 1.01. The number of pyridine rings is 2. The normalized spacial score (nSPS) is 14.8. The number of thioether (sulfide) groups is 1. The number of alkyl halides is 3. The van der Waals surface area contributed by atoms with Crippen molar-refractivity contribution in [3.05, 3.63) is 171 Å². The van der Waals surface area contributed by atoms with E-state index in [0.717, 1.165) is 46.2 Å². The van der Waals surface area contributed by atoms with E-state index in [4.69, 9.17) is 0 Å². The largest absolute Gasteiger partial charge is 0.480 e. The highest BCUT2D eigenvalue weighted by molar-refractivity contribution is 8.15. The summed E-state index contributed by atoms with van der Waals surface area (Å²) in [6.07, 6.45) is -0.506. The summed E-state index contributed by atoms with van der Waals surface area (Å²) in [5, 5.41) is 21.6. The lowest BCUT2D eigenvalue weighted by Gasteiger charge is -2.18. The molecule has 0 radical (unpaired) electrons. The van der Waals surface area contributed by atoms with Crippen molar-refractivity contribution in [2.45, 2.75) is 53.2 Å². The van der Waals surface area contributed by atoms with Crippen molar-refractivity contribution in [2.24, 2.45) is 0 Å². The number of aromatic nitrogens is 2. The highest BCUT2D eigenvalue weighted by Gasteiger charge is 2.35. The Hall–Kier alpha value is -6.84. The van der Waals surface area contributed by atoms with E-state index in [1.165, 1.54) is 24.5 Å². The Morgan fingerprint density at radius 3 is 1.99 bits per heavy atom. The van der Waals surface area contributed by atoms with Crippen LogP contribution in [0.3, 0.4) is 0 Å². The van der Waals surface area contributed by atoms with Gasteiger partial charge in [0.2, 0.25) is 10.0 Å². The summed E-state index contributed by atoms with van der Waals surface area (Å²) in [7, 11) is -8.76. The van der Waals surface area contributed by atoms with Crippen molar-refractivity contribution in [1.29, 1.82) is 0 Å². The third kappa shape index (κ3) is 11.9. The number of sulfonamides is 2. The number of rotatable bonds is 13. The Morgan fingerprint density at radius 1 is 0.739 bits per heavy atom. The number of nitrogens with one attached hydrogen (secondary N) is 2. The monoisotopic (exact) mass is 1010 g/mol. The zero-order valence-electron chi connectivity index (χ0n) is 36.0. The predicted octanol–water partition coefficient (Wildman–Crippen LogP) is 8.53. The Morgan fingerprint density at radius 2 is 1.33 bits per heavy atom. The topological polar surface area (TPSA) is 193 Å². The SMILES string of the molecule is Cc1ccc(C#Cc2cc(-c3ccc4cc(C[C@H](NS(=O)(=O)C5CC=C(C#Cc6ccc(C(F)(F)F)cc6)S5)C(=O)O)cnc4c3)c(S(=O)(=O)N[C@@H](Cc3cnc4ccccc4c3)C(=O)O)s2)cc1. The highest BCUT2D eigenvalue weighted by Crippen LogP contribution is 2.38. The standard InChI is InChI=1S/C50H37F3N4O8S4/c1-30-6-8-31(9-7-30)13-19-40-27-41(49(67-40)69(64,65)57-45(48(60)61)25-33-22-36-4-2-3-5-42(36)54-28-33)35-14-15-37-23-34(29-55-43(37)26-35)24-44(47(58)59)56-68(62,63)46-21-20-39(66-46)18-12-32-10-16-38(17-11-32)50(51,52)53/h2-11,14-17,20,22-23,26-29,44-46,56-57H,21,24-25H2,1H3,(H,58,59)(H,60,61)/t44-,45-,46?/m0/s1. The molecule has 19 heteroatoms. The number of carboxylic acids is 2. The quantitative estimate of drug-likeness (QED) is 0.0810. The van der Waals surface area contributed by atoms with Gasteiger partial charge in [0, 0.05) is 52.7 Å². The first kappa shape index (κ1) is 48.6. The van der Waals surface area contributed by atoms with Crippen LogP contribution in [0, 0.1) is 30.6 Å². The molecule has 1 aliphatic heterocycles. The van der Waals surface area contributed by atoms with Gasteiger partial charge in [-0.05, 0) is 96.8 Å². The molecule has 3 aromatic heterocycles. The van der Waals surface area contributed by atoms with Gasteiger partial charge in [-0.25, -0.2) is 16.8 Å². The average molecular weight is 1010 g/mol. The molecule has 4 N–H and O–H groups in total. The van der Waals surface area contributed by atoms with Gasteiger partial charge in [0.05, 0.1) is 26.4 Å². The first-order chi connectivity index (χ1) is 32.8. The molecule has 0 saturated carbocycles. The number of carboxylic acid groups (broad SMARTS) is 2. The molecule has 0 bridgehead atoms. The van der Waals surface area contributed by atoms with Crippen LogP contribution in [-0.2, 0) is 48.7 Å². The number of fused-ring (bicyclic) bond motifs is 2. The van der Waals surface area contributed by atoms with E-state index >= 15 is 0 Å². The summed E-state index contributed by atoms with van der Waals surface area (Å²) in [6.45, 7) is 1.94. The number of allylic oxidation sites excluding steroid dienone is 2. The van der Waals surface area contributed by atoms with Gasteiger partial charge in [0.1, 0.15) is 20.9 Å². The molecule has 0 aliphatic carbocycles. The zero-order chi connectivity index (χ0) is 49.1. The summed E-state index contributed by atoms with van der Waals surface area (Å²) in [5.74, 6) is 8.76. The molecule has 4 heterocycles. The summed E-state index contributed by atoms with van der Waals surface area (Å²) < 4.78 is 97.6. The smallest absolute Gasteiger partial charge is 0.416 e. The van der Waals surface area contributed by atoms with Gasteiger partial charge in [-0.2, -0.15) is 22.6 Å². The Labute approximate surface area is 402 Å².